The van der Waals surface area contributed by atoms with Gasteiger partial charge in [0.05, 0.1) is 18.4 Å². The minimum Gasteiger partial charge on any atom is -0.478 e. The number of aromatic carboxylic acids is 1. The monoisotopic (exact) mass is 275 g/mol. The number of carbonyl (C=O) groups is 2. The lowest BCUT2D eigenvalue weighted by atomic mass is 10.0. The second kappa shape index (κ2) is 6.21. The van der Waals surface area contributed by atoms with Crippen molar-refractivity contribution in [1.82, 2.24) is 5.32 Å². The largest absolute Gasteiger partial charge is 0.478 e. The first-order chi connectivity index (χ1) is 8.79. The van der Waals surface area contributed by atoms with E-state index in [9.17, 15) is 22.8 Å². The Morgan fingerprint density at radius 3 is 2.42 bits per heavy atom. The maximum Gasteiger partial charge on any atom is 0.390 e. The highest BCUT2D eigenvalue weighted by molar-refractivity contribution is 5.91. The van der Waals surface area contributed by atoms with Crippen LogP contribution in [0.15, 0.2) is 24.3 Å². The number of carboxylic acids is 1. The van der Waals surface area contributed by atoms with Gasteiger partial charge in [-0.2, -0.15) is 13.2 Å². The van der Waals surface area contributed by atoms with Crippen molar-refractivity contribution in [1.29, 1.82) is 0 Å². The molecule has 1 rings (SSSR count). The van der Waals surface area contributed by atoms with Crippen LogP contribution in [0.4, 0.5) is 13.2 Å². The second-order valence-corrected chi connectivity index (χ2v) is 3.85. The van der Waals surface area contributed by atoms with Crippen LogP contribution in [-0.2, 0) is 11.2 Å². The van der Waals surface area contributed by atoms with Gasteiger partial charge in [0.2, 0.25) is 5.91 Å². The standard InChI is InChI=1S/C12H12F3NO3/c13-12(14,15)5-6-16-10(17)7-8-3-1-2-4-9(8)11(18)19/h1-4H,5-7H2,(H,16,17)(H,18,19). The van der Waals surface area contributed by atoms with Gasteiger partial charge in [0, 0.05) is 6.54 Å². The summed E-state index contributed by atoms with van der Waals surface area (Å²) in [6, 6.07) is 5.85. The molecule has 1 aromatic carbocycles. The number of benzene rings is 1. The zero-order valence-corrected chi connectivity index (χ0v) is 9.83. The molecule has 0 aliphatic heterocycles. The summed E-state index contributed by atoms with van der Waals surface area (Å²) in [4.78, 5) is 22.3. The molecule has 19 heavy (non-hydrogen) atoms. The lowest BCUT2D eigenvalue weighted by molar-refractivity contribution is -0.135. The number of carbonyl (C=O) groups excluding carboxylic acids is 1. The molecule has 2 N–H and O–H groups in total. The molecule has 0 aliphatic carbocycles. The van der Waals surface area contributed by atoms with Gasteiger partial charge in [0.15, 0.2) is 0 Å². The van der Waals surface area contributed by atoms with Crippen LogP contribution in [0.25, 0.3) is 0 Å². The summed E-state index contributed by atoms with van der Waals surface area (Å²) >= 11 is 0. The van der Waals surface area contributed by atoms with Gasteiger partial charge in [-0.1, -0.05) is 18.2 Å². The molecule has 7 heteroatoms. The highest BCUT2D eigenvalue weighted by atomic mass is 19.4. The van der Waals surface area contributed by atoms with Crippen molar-refractivity contribution in [3.05, 3.63) is 35.4 Å². The molecule has 4 nitrogen and oxygen atoms in total. The summed E-state index contributed by atoms with van der Waals surface area (Å²) in [7, 11) is 0. The topological polar surface area (TPSA) is 66.4 Å². The van der Waals surface area contributed by atoms with Gasteiger partial charge in [0.25, 0.3) is 0 Å². The van der Waals surface area contributed by atoms with Crippen molar-refractivity contribution >= 4 is 11.9 Å². The molecule has 1 amide bonds. The van der Waals surface area contributed by atoms with Crippen LogP contribution >= 0.6 is 0 Å². The Kier molecular flexibility index (Phi) is 4.91. The number of hydrogen-bond acceptors (Lipinski definition) is 2. The van der Waals surface area contributed by atoms with Crippen molar-refractivity contribution < 1.29 is 27.9 Å². The first-order valence-electron chi connectivity index (χ1n) is 5.44. The third-order valence-corrected chi connectivity index (χ3v) is 2.33. The highest BCUT2D eigenvalue weighted by Crippen LogP contribution is 2.18. The van der Waals surface area contributed by atoms with E-state index in [1.807, 2.05) is 0 Å². The third kappa shape index (κ3) is 5.41. The molecule has 0 heterocycles. The van der Waals surface area contributed by atoms with E-state index in [1.165, 1.54) is 18.2 Å². The van der Waals surface area contributed by atoms with Crippen LogP contribution in [0, 0.1) is 0 Å². The number of halogens is 3. The Balaban J connectivity index is 2.56. The molecule has 0 saturated heterocycles. The average molecular weight is 275 g/mol. The maximum atomic E-state index is 11.9. The van der Waals surface area contributed by atoms with Gasteiger partial charge >= 0.3 is 12.1 Å². The van der Waals surface area contributed by atoms with Crippen molar-refractivity contribution in [3.8, 4) is 0 Å². The van der Waals surface area contributed by atoms with Crippen LogP contribution < -0.4 is 5.32 Å². The molecule has 0 radical (unpaired) electrons. The number of rotatable bonds is 5. The average Bonchev–Trinajstić information content (AvgIpc) is 2.27. The summed E-state index contributed by atoms with van der Waals surface area (Å²) in [5.41, 5.74) is 0.230. The van der Waals surface area contributed by atoms with Gasteiger partial charge in [-0.3, -0.25) is 4.79 Å². The summed E-state index contributed by atoms with van der Waals surface area (Å²) in [6.45, 7) is -0.516. The molecule has 0 spiro atoms. The molecule has 0 unspecified atom stereocenters. The van der Waals surface area contributed by atoms with E-state index in [4.69, 9.17) is 5.11 Å². The molecule has 0 atom stereocenters. The molecule has 0 aliphatic rings. The van der Waals surface area contributed by atoms with Crippen LogP contribution in [-0.4, -0.2) is 29.7 Å². The first-order valence-corrected chi connectivity index (χ1v) is 5.44. The lowest BCUT2D eigenvalue weighted by Crippen LogP contribution is -2.29. The van der Waals surface area contributed by atoms with E-state index < -0.39 is 31.0 Å². The maximum absolute atomic E-state index is 11.9. The smallest absolute Gasteiger partial charge is 0.390 e. The van der Waals surface area contributed by atoms with Crippen LogP contribution in [0.1, 0.15) is 22.3 Å². The van der Waals surface area contributed by atoms with E-state index in [-0.39, 0.29) is 17.5 Å². The normalized spacial score (nSPS) is 11.1. The Hall–Kier alpha value is -2.05. The minimum atomic E-state index is -4.33. The summed E-state index contributed by atoms with van der Waals surface area (Å²) in [5.74, 6) is -1.82. The fraction of sp³-hybridized carbons (Fsp3) is 0.333. The van der Waals surface area contributed by atoms with Crippen molar-refractivity contribution in [2.75, 3.05) is 6.54 Å². The fourth-order valence-electron chi connectivity index (χ4n) is 1.46. The highest BCUT2D eigenvalue weighted by Gasteiger charge is 2.26. The second-order valence-electron chi connectivity index (χ2n) is 3.85. The van der Waals surface area contributed by atoms with Crippen molar-refractivity contribution in [2.45, 2.75) is 19.0 Å². The quantitative estimate of drug-likeness (QED) is 0.863. The molecule has 1 aromatic rings. The molecule has 104 valence electrons. The zero-order chi connectivity index (χ0) is 14.5. The van der Waals surface area contributed by atoms with Gasteiger partial charge in [0.1, 0.15) is 0 Å². The molecule has 0 aromatic heterocycles. The number of amides is 1. The van der Waals surface area contributed by atoms with Crippen LogP contribution in [0.2, 0.25) is 0 Å². The lowest BCUT2D eigenvalue weighted by Gasteiger charge is -2.09. The summed E-state index contributed by atoms with van der Waals surface area (Å²) in [6.07, 6.45) is -5.70. The Labute approximate surface area is 107 Å². The minimum absolute atomic E-state index is 0.0338. The van der Waals surface area contributed by atoms with Crippen LogP contribution in [0.3, 0.4) is 0 Å². The van der Waals surface area contributed by atoms with Gasteiger partial charge in [-0.25, -0.2) is 4.79 Å². The third-order valence-electron chi connectivity index (χ3n) is 2.33. The molecular weight excluding hydrogens is 263 g/mol. The Morgan fingerprint density at radius 2 is 1.84 bits per heavy atom. The number of alkyl halides is 3. The SMILES string of the molecule is O=C(Cc1ccccc1C(=O)O)NCCC(F)(F)F. The van der Waals surface area contributed by atoms with E-state index in [1.54, 1.807) is 6.07 Å². The Bertz CT molecular complexity index is 472. The molecular formula is C12H12F3NO3. The Morgan fingerprint density at radius 1 is 1.21 bits per heavy atom. The summed E-state index contributed by atoms with van der Waals surface area (Å²) in [5, 5.41) is 11.0. The van der Waals surface area contributed by atoms with E-state index in [0.717, 1.165) is 0 Å². The number of hydrogen-bond donors (Lipinski definition) is 2. The van der Waals surface area contributed by atoms with Crippen molar-refractivity contribution in [3.63, 3.8) is 0 Å². The van der Waals surface area contributed by atoms with E-state index >= 15 is 0 Å². The first kappa shape index (κ1) is 15.0. The fourth-order valence-corrected chi connectivity index (χ4v) is 1.46. The van der Waals surface area contributed by atoms with Gasteiger partial charge in [-0.15, -0.1) is 0 Å². The van der Waals surface area contributed by atoms with E-state index in [0.29, 0.717) is 0 Å². The van der Waals surface area contributed by atoms with Gasteiger partial charge < -0.3 is 10.4 Å². The van der Waals surface area contributed by atoms with Crippen molar-refractivity contribution in [2.24, 2.45) is 0 Å². The number of nitrogens with one attached hydrogen (secondary N) is 1. The van der Waals surface area contributed by atoms with E-state index in [2.05, 4.69) is 5.32 Å². The summed E-state index contributed by atoms with van der Waals surface area (Å²) < 4.78 is 35.6. The van der Waals surface area contributed by atoms with Crippen LogP contribution in [0.5, 0.6) is 0 Å². The molecule has 0 fully saturated rings. The number of carboxylic acid groups (broad SMARTS) is 1. The predicted molar refractivity (Wildman–Crippen MR) is 60.8 cm³/mol. The van der Waals surface area contributed by atoms with Gasteiger partial charge in [-0.05, 0) is 11.6 Å². The zero-order valence-electron chi connectivity index (χ0n) is 9.83. The molecule has 0 bridgehead atoms. The predicted octanol–water partition coefficient (Wildman–Crippen LogP) is 2.00. The molecule has 0 saturated carbocycles.